The first-order valence-electron chi connectivity index (χ1n) is 22.5. The lowest BCUT2D eigenvalue weighted by atomic mass is 9.47. The van der Waals surface area contributed by atoms with Crippen LogP contribution in [0.4, 0.5) is 0 Å². The maximum absolute atomic E-state index is 12.9. The van der Waals surface area contributed by atoms with Gasteiger partial charge in [0.1, 0.15) is 17.6 Å². The summed E-state index contributed by atoms with van der Waals surface area (Å²) >= 11 is 0. The normalized spacial score (nSPS) is 28.9. The van der Waals surface area contributed by atoms with E-state index in [4.69, 9.17) is 14.2 Å². The van der Waals surface area contributed by atoms with Gasteiger partial charge in [-0.3, -0.25) is 4.79 Å². The SMILES string of the molecule is CCCCOc1ccc(C#Cc2ccc(OCCCCCC(=O)O[C@H]3CC[C@@]4(C)C(=CC[C@H]5[C@@H]6CC[C@H]([C@H](C)CCCC(C)C)[C@@]6(C)CC[C@@H]54)C3)cc2)cc1. The van der Waals surface area contributed by atoms with Gasteiger partial charge in [-0.2, -0.15) is 0 Å². The summed E-state index contributed by atoms with van der Waals surface area (Å²) in [6.07, 6.45) is 22.3. The van der Waals surface area contributed by atoms with Crippen LogP contribution in [0.25, 0.3) is 0 Å². The lowest BCUT2D eigenvalue weighted by Gasteiger charge is -2.58. The van der Waals surface area contributed by atoms with Gasteiger partial charge in [0.05, 0.1) is 13.2 Å². The minimum absolute atomic E-state index is 0.0234. The second kappa shape index (κ2) is 19.3. The summed E-state index contributed by atoms with van der Waals surface area (Å²) < 4.78 is 17.8. The van der Waals surface area contributed by atoms with E-state index in [-0.39, 0.29) is 17.5 Å². The van der Waals surface area contributed by atoms with Crippen molar-refractivity contribution in [2.45, 2.75) is 157 Å². The van der Waals surface area contributed by atoms with Crippen molar-refractivity contribution in [2.24, 2.45) is 46.3 Å². The molecule has 0 heterocycles. The molecule has 300 valence electrons. The van der Waals surface area contributed by atoms with Gasteiger partial charge in [-0.25, -0.2) is 0 Å². The predicted octanol–water partition coefficient (Wildman–Crippen LogP) is 13.2. The highest BCUT2D eigenvalue weighted by Gasteiger charge is 2.59. The highest BCUT2D eigenvalue weighted by Crippen LogP contribution is 2.67. The third kappa shape index (κ3) is 10.4. The number of fused-ring (bicyclic) bond motifs is 5. The Morgan fingerprint density at radius 3 is 2.09 bits per heavy atom. The van der Waals surface area contributed by atoms with E-state index in [1.165, 1.54) is 57.8 Å². The summed E-state index contributed by atoms with van der Waals surface area (Å²) in [7, 11) is 0. The number of hydrogen-bond donors (Lipinski definition) is 0. The third-order valence-electron chi connectivity index (χ3n) is 14.7. The predicted molar refractivity (Wildman–Crippen MR) is 226 cm³/mol. The topological polar surface area (TPSA) is 44.8 Å². The Hall–Kier alpha value is -3.19. The van der Waals surface area contributed by atoms with Gasteiger partial charge < -0.3 is 14.2 Å². The molecule has 0 saturated heterocycles. The Morgan fingerprint density at radius 1 is 0.764 bits per heavy atom. The maximum Gasteiger partial charge on any atom is 0.306 e. The van der Waals surface area contributed by atoms with Crippen LogP contribution in [-0.2, 0) is 9.53 Å². The van der Waals surface area contributed by atoms with Crippen LogP contribution >= 0.6 is 0 Å². The first-order chi connectivity index (χ1) is 26.6. The molecule has 4 aliphatic rings. The number of unbranched alkanes of at least 4 members (excludes halogenated alkanes) is 3. The summed E-state index contributed by atoms with van der Waals surface area (Å²) in [5.41, 5.74) is 4.34. The van der Waals surface area contributed by atoms with Crippen molar-refractivity contribution < 1.29 is 19.0 Å². The van der Waals surface area contributed by atoms with Crippen molar-refractivity contribution in [3.8, 4) is 23.3 Å². The first kappa shape index (κ1) is 41.4. The Kier molecular flexibility index (Phi) is 14.5. The number of carbonyl (C=O) groups is 1. The van der Waals surface area contributed by atoms with Gasteiger partial charge in [-0.1, -0.05) is 90.7 Å². The summed E-state index contributed by atoms with van der Waals surface area (Å²) in [5, 5.41) is 0. The largest absolute Gasteiger partial charge is 0.494 e. The second-order valence-electron chi connectivity index (χ2n) is 18.8. The molecule has 2 aromatic rings. The van der Waals surface area contributed by atoms with Crippen LogP contribution in [-0.4, -0.2) is 25.3 Å². The molecule has 0 N–H and O–H groups in total. The van der Waals surface area contributed by atoms with E-state index in [2.05, 4.69) is 59.5 Å². The van der Waals surface area contributed by atoms with Crippen molar-refractivity contribution in [2.75, 3.05) is 13.2 Å². The molecule has 0 aliphatic heterocycles. The zero-order chi connectivity index (χ0) is 38.8. The third-order valence-corrected chi connectivity index (χ3v) is 14.7. The van der Waals surface area contributed by atoms with E-state index in [0.29, 0.717) is 18.4 Å². The van der Waals surface area contributed by atoms with Gasteiger partial charge in [-0.05, 0) is 165 Å². The molecule has 0 unspecified atom stereocenters. The average molecular weight is 749 g/mol. The smallest absolute Gasteiger partial charge is 0.306 e. The van der Waals surface area contributed by atoms with Gasteiger partial charge in [0.2, 0.25) is 0 Å². The maximum atomic E-state index is 12.9. The Morgan fingerprint density at radius 2 is 1.44 bits per heavy atom. The van der Waals surface area contributed by atoms with E-state index < -0.39 is 0 Å². The van der Waals surface area contributed by atoms with E-state index >= 15 is 0 Å². The molecule has 4 aliphatic carbocycles. The van der Waals surface area contributed by atoms with Crippen LogP contribution in [0.2, 0.25) is 0 Å². The Balaban J connectivity index is 0.878. The van der Waals surface area contributed by atoms with Crippen LogP contribution < -0.4 is 9.47 Å². The van der Waals surface area contributed by atoms with Crippen LogP contribution in [0.3, 0.4) is 0 Å². The van der Waals surface area contributed by atoms with Gasteiger partial charge >= 0.3 is 5.97 Å². The molecular weight excluding hydrogens is 677 g/mol. The number of rotatable bonds is 17. The first-order valence-corrected chi connectivity index (χ1v) is 22.5. The molecule has 4 nitrogen and oxygen atoms in total. The Bertz CT molecular complexity index is 1610. The Labute approximate surface area is 335 Å². The quantitative estimate of drug-likeness (QED) is 0.0699. The molecule has 2 aromatic carbocycles. The van der Waals surface area contributed by atoms with Crippen molar-refractivity contribution in [3.63, 3.8) is 0 Å². The second-order valence-corrected chi connectivity index (χ2v) is 18.8. The molecule has 6 rings (SSSR count). The standard InChI is InChI=1S/C51H72O4/c1-7-8-34-53-42-23-18-39(19-24-42)16-17-40-20-25-43(26-21-40)54-35-11-9-10-15-49(52)55-44-30-32-50(5)41(36-44)22-27-45-47-29-28-46(38(4)14-12-13-37(2)3)51(47,6)33-31-48(45)50/h18-26,37-38,44-48H,7-15,27-36H2,1-6H3/t38-,44+,45+,46-,47+,48+,50+,51-/m1/s1. The molecular formula is C51H72O4. The average Bonchev–Trinajstić information content (AvgIpc) is 3.54. The molecule has 8 atom stereocenters. The van der Waals surface area contributed by atoms with Gasteiger partial charge in [0.25, 0.3) is 0 Å². The number of hydrogen-bond acceptors (Lipinski definition) is 4. The van der Waals surface area contributed by atoms with Crippen molar-refractivity contribution in [1.82, 2.24) is 0 Å². The molecule has 0 aromatic heterocycles. The number of benzene rings is 2. The van der Waals surface area contributed by atoms with E-state index in [0.717, 1.165) is 110 Å². The highest BCUT2D eigenvalue weighted by atomic mass is 16.5. The fourth-order valence-corrected chi connectivity index (χ4v) is 11.5. The fourth-order valence-electron chi connectivity index (χ4n) is 11.5. The molecule has 0 amide bonds. The van der Waals surface area contributed by atoms with Crippen LogP contribution in [0, 0.1) is 58.2 Å². The molecule has 3 saturated carbocycles. The van der Waals surface area contributed by atoms with Gasteiger partial charge in [0.15, 0.2) is 0 Å². The minimum Gasteiger partial charge on any atom is -0.494 e. The molecule has 0 radical (unpaired) electrons. The molecule has 3 fully saturated rings. The lowest BCUT2D eigenvalue weighted by Crippen LogP contribution is -2.51. The number of esters is 1. The van der Waals surface area contributed by atoms with Crippen molar-refractivity contribution >= 4 is 5.97 Å². The van der Waals surface area contributed by atoms with E-state index in [1.54, 1.807) is 5.57 Å². The summed E-state index contributed by atoms with van der Waals surface area (Å²) in [4.78, 5) is 12.9. The summed E-state index contributed by atoms with van der Waals surface area (Å²) in [6.45, 7) is 16.1. The van der Waals surface area contributed by atoms with Gasteiger partial charge in [0, 0.05) is 24.0 Å². The zero-order valence-corrected chi connectivity index (χ0v) is 35.3. The molecule has 4 heteroatoms. The number of carbonyl (C=O) groups excluding carboxylic acids is 1. The van der Waals surface area contributed by atoms with Crippen LogP contribution in [0.1, 0.15) is 162 Å². The molecule has 0 bridgehead atoms. The fraction of sp³-hybridized carbons (Fsp3) is 0.667. The molecule has 0 spiro atoms. The van der Waals surface area contributed by atoms with Crippen molar-refractivity contribution in [1.29, 1.82) is 0 Å². The van der Waals surface area contributed by atoms with Crippen molar-refractivity contribution in [3.05, 3.63) is 71.3 Å². The monoisotopic (exact) mass is 749 g/mol. The van der Waals surface area contributed by atoms with Crippen LogP contribution in [0.15, 0.2) is 60.2 Å². The summed E-state index contributed by atoms with van der Waals surface area (Å²) in [6, 6.07) is 15.9. The minimum atomic E-state index is -0.0234. The summed E-state index contributed by atoms with van der Waals surface area (Å²) in [5.74, 6) is 13.3. The lowest BCUT2D eigenvalue weighted by molar-refractivity contribution is -0.151. The zero-order valence-electron chi connectivity index (χ0n) is 35.3. The highest BCUT2D eigenvalue weighted by molar-refractivity contribution is 5.69. The van der Waals surface area contributed by atoms with E-state index in [1.807, 2.05) is 48.5 Å². The van der Waals surface area contributed by atoms with Gasteiger partial charge in [-0.15, -0.1) is 0 Å². The molecule has 55 heavy (non-hydrogen) atoms. The van der Waals surface area contributed by atoms with Crippen LogP contribution in [0.5, 0.6) is 11.5 Å². The number of ether oxygens (including phenoxy) is 3. The van der Waals surface area contributed by atoms with E-state index in [9.17, 15) is 4.79 Å². The number of allylic oxidation sites excluding steroid dienone is 1.